The Labute approximate surface area is 168 Å². The van der Waals surface area contributed by atoms with Gasteiger partial charge in [0.2, 0.25) is 15.9 Å². The number of rotatable bonds is 6. The molecule has 0 heterocycles. The van der Waals surface area contributed by atoms with Gasteiger partial charge >= 0.3 is 0 Å². The highest BCUT2D eigenvalue weighted by Gasteiger charge is 2.17. The summed E-state index contributed by atoms with van der Waals surface area (Å²) in [6.45, 7) is 3.42. The van der Waals surface area contributed by atoms with Crippen LogP contribution in [0.3, 0.4) is 0 Å². The van der Waals surface area contributed by atoms with Crippen LogP contribution in [0.5, 0.6) is 0 Å². The number of para-hydroxylation sites is 1. The van der Waals surface area contributed by atoms with Crippen molar-refractivity contribution < 1.29 is 17.6 Å². The fourth-order valence-electron chi connectivity index (χ4n) is 2.28. The number of hydrogen-bond acceptors (Lipinski definition) is 4. The number of nitrogens with one attached hydrogen (secondary N) is 4. The number of halogens is 1. The Morgan fingerprint density at radius 1 is 1.11 bits per heavy atom. The third kappa shape index (κ3) is 6.25. The van der Waals surface area contributed by atoms with Gasteiger partial charge < -0.3 is 5.32 Å². The van der Waals surface area contributed by atoms with E-state index in [1.807, 2.05) is 6.07 Å². The van der Waals surface area contributed by atoms with Crippen molar-refractivity contribution in [3.63, 3.8) is 0 Å². The first-order valence-corrected chi connectivity index (χ1v) is 10.3. The molecule has 0 bridgehead atoms. The van der Waals surface area contributed by atoms with Crippen molar-refractivity contribution in [2.75, 3.05) is 11.9 Å². The molecule has 150 valence electrons. The van der Waals surface area contributed by atoms with Crippen LogP contribution in [0, 0.1) is 19.7 Å². The van der Waals surface area contributed by atoms with Crippen LogP contribution in [0.4, 0.5) is 10.1 Å². The van der Waals surface area contributed by atoms with Gasteiger partial charge in [-0.2, -0.15) is 0 Å². The quantitative estimate of drug-likeness (QED) is 0.419. The van der Waals surface area contributed by atoms with Crippen LogP contribution in [0.25, 0.3) is 0 Å². The summed E-state index contributed by atoms with van der Waals surface area (Å²) in [6.07, 6.45) is -0.112. The number of thiocarbonyl (C=S) groups is 1. The smallest absolute Gasteiger partial charge is 0.240 e. The van der Waals surface area contributed by atoms with Crippen molar-refractivity contribution in [3.05, 3.63) is 59.4 Å². The average molecular weight is 425 g/mol. The van der Waals surface area contributed by atoms with E-state index in [0.29, 0.717) is 5.56 Å². The molecule has 7 nitrogen and oxygen atoms in total. The zero-order valence-electron chi connectivity index (χ0n) is 15.4. The molecule has 0 aromatic heterocycles. The van der Waals surface area contributed by atoms with Crippen LogP contribution in [-0.2, 0) is 14.8 Å². The van der Waals surface area contributed by atoms with E-state index in [9.17, 15) is 17.6 Å². The molecule has 0 aliphatic rings. The van der Waals surface area contributed by atoms with Crippen molar-refractivity contribution in [1.82, 2.24) is 15.6 Å². The number of sulfonamides is 1. The number of aryl methyl sites for hydroxylation is 2. The highest BCUT2D eigenvalue weighted by Crippen LogP contribution is 2.16. The molecule has 2 aromatic rings. The topological polar surface area (TPSA) is 99.3 Å². The van der Waals surface area contributed by atoms with Crippen LogP contribution in [0.15, 0.2) is 47.4 Å². The van der Waals surface area contributed by atoms with Gasteiger partial charge in [-0.1, -0.05) is 24.3 Å². The lowest BCUT2D eigenvalue weighted by molar-refractivity contribution is -0.121. The summed E-state index contributed by atoms with van der Waals surface area (Å²) in [4.78, 5) is 12.0. The van der Waals surface area contributed by atoms with Crippen molar-refractivity contribution in [3.8, 4) is 0 Å². The van der Waals surface area contributed by atoms with E-state index in [4.69, 9.17) is 12.2 Å². The second-order valence-corrected chi connectivity index (χ2v) is 8.17. The number of benzene rings is 2. The van der Waals surface area contributed by atoms with Crippen molar-refractivity contribution in [2.24, 2.45) is 0 Å². The zero-order valence-corrected chi connectivity index (χ0v) is 17.0. The Bertz CT molecular complexity index is 981. The Kier molecular flexibility index (Phi) is 7.44. The molecule has 0 saturated heterocycles. The molecule has 0 unspecified atom stereocenters. The number of carbonyl (C=O) groups excluding carboxylic acids is 1. The van der Waals surface area contributed by atoms with Crippen molar-refractivity contribution in [2.45, 2.75) is 25.2 Å². The lowest BCUT2D eigenvalue weighted by atomic mass is 10.2. The van der Waals surface area contributed by atoms with Gasteiger partial charge in [-0.15, -0.1) is 0 Å². The number of carbonyl (C=O) groups is 1. The molecular weight excluding hydrogens is 403 g/mol. The van der Waals surface area contributed by atoms with E-state index in [1.54, 1.807) is 32.0 Å². The summed E-state index contributed by atoms with van der Waals surface area (Å²) in [7, 11) is -3.72. The molecule has 10 heteroatoms. The number of anilines is 1. The van der Waals surface area contributed by atoms with Gasteiger partial charge in [-0.25, -0.2) is 17.5 Å². The molecular formula is C18H21FN4O3S2. The Balaban J connectivity index is 1.79. The molecule has 2 rings (SSSR count). The minimum atomic E-state index is -3.72. The van der Waals surface area contributed by atoms with Gasteiger partial charge in [0.1, 0.15) is 5.82 Å². The summed E-state index contributed by atoms with van der Waals surface area (Å²) < 4.78 is 40.6. The predicted octanol–water partition coefficient (Wildman–Crippen LogP) is 2.13. The molecule has 1 amide bonds. The highest BCUT2D eigenvalue weighted by molar-refractivity contribution is 7.89. The van der Waals surface area contributed by atoms with E-state index in [-0.39, 0.29) is 28.7 Å². The Hall–Kier alpha value is -2.56. The Morgan fingerprint density at radius 3 is 2.54 bits per heavy atom. The van der Waals surface area contributed by atoms with Gasteiger partial charge in [0.25, 0.3) is 0 Å². The van der Waals surface area contributed by atoms with Gasteiger partial charge in [-0.05, 0) is 55.4 Å². The van der Waals surface area contributed by atoms with Crippen LogP contribution < -0.4 is 20.9 Å². The molecule has 4 N–H and O–H groups in total. The average Bonchev–Trinajstić information content (AvgIpc) is 2.63. The van der Waals surface area contributed by atoms with Gasteiger partial charge in [-0.3, -0.25) is 15.6 Å². The van der Waals surface area contributed by atoms with Gasteiger partial charge in [0.15, 0.2) is 5.11 Å². The van der Waals surface area contributed by atoms with Crippen LogP contribution in [0.1, 0.15) is 17.5 Å². The molecule has 0 fully saturated rings. The summed E-state index contributed by atoms with van der Waals surface area (Å²) in [5.74, 6) is -0.972. The third-order valence-electron chi connectivity index (χ3n) is 3.71. The summed E-state index contributed by atoms with van der Waals surface area (Å²) in [6, 6.07) is 11.1. The second-order valence-electron chi connectivity index (χ2n) is 6.02. The molecule has 2 aromatic carbocycles. The molecule has 0 radical (unpaired) electrons. The standard InChI is InChI=1S/C18H21FN4O3S2/c1-12-7-8-13(2)16(11-12)28(25,26)20-10-9-17(24)22-23-18(27)21-15-6-4-3-5-14(15)19/h3-8,11,20H,9-10H2,1-2H3,(H,22,24)(H2,21,23,27). The first-order chi connectivity index (χ1) is 13.2. The maximum absolute atomic E-state index is 13.5. The van der Waals surface area contributed by atoms with Crippen molar-refractivity contribution >= 4 is 38.9 Å². The molecule has 0 saturated carbocycles. The first kappa shape index (κ1) is 21.7. The first-order valence-electron chi connectivity index (χ1n) is 8.36. The lowest BCUT2D eigenvalue weighted by Crippen LogP contribution is -2.44. The van der Waals surface area contributed by atoms with E-state index in [0.717, 1.165) is 5.56 Å². The molecule has 0 atom stereocenters. The van der Waals surface area contributed by atoms with E-state index in [2.05, 4.69) is 20.9 Å². The summed E-state index contributed by atoms with van der Waals surface area (Å²) >= 11 is 4.96. The highest BCUT2D eigenvalue weighted by atomic mass is 32.2. The fourth-order valence-corrected chi connectivity index (χ4v) is 3.80. The van der Waals surface area contributed by atoms with E-state index in [1.165, 1.54) is 18.2 Å². The normalized spacial score (nSPS) is 11.0. The number of amides is 1. The predicted molar refractivity (Wildman–Crippen MR) is 110 cm³/mol. The maximum atomic E-state index is 13.5. The largest absolute Gasteiger partial charge is 0.329 e. The minimum absolute atomic E-state index is 0.00517. The molecule has 0 spiro atoms. The SMILES string of the molecule is Cc1ccc(C)c(S(=O)(=O)NCCC(=O)NNC(=S)Nc2ccccc2F)c1. The lowest BCUT2D eigenvalue weighted by Gasteiger charge is -2.13. The monoisotopic (exact) mass is 424 g/mol. The van der Waals surface area contributed by atoms with Gasteiger partial charge in [0.05, 0.1) is 10.6 Å². The molecule has 0 aliphatic heterocycles. The fraction of sp³-hybridized carbons (Fsp3) is 0.222. The number of hydrogen-bond donors (Lipinski definition) is 4. The van der Waals surface area contributed by atoms with Crippen LogP contribution >= 0.6 is 12.2 Å². The minimum Gasteiger partial charge on any atom is -0.329 e. The maximum Gasteiger partial charge on any atom is 0.240 e. The van der Waals surface area contributed by atoms with Crippen LogP contribution in [0.2, 0.25) is 0 Å². The van der Waals surface area contributed by atoms with Gasteiger partial charge in [0, 0.05) is 13.0 Å². The summed E-state index contributed by atoms with van der Waals surface area (Å²) in [5.41, 5.74) is 6.35. The zero-order chi connectivity index (χ0) is 20.7. The molecule has 0 aliphatic carbocycles. The summed E-state index contributed by atoms with van der Waals surface area (Å²) in [5, 5.41) is 2.59. The Morgan fingerprint density at radius 2 is 1.82 bits per heavy atom. The third-order valence-corrected chi connectivity index (χ3v) is 5.52. The van der Waals surface area contributed by atoms with E-state index >= 15 is 0 Å². The second kappa shape index (κ2) is 9.58. The molecule has 28 heavy (non-hydrogen) atoms. The van der Waals surface area contributed by atoms with Crippen LogP contribution in [-0.4, -0.2) is 26.0 Å². The van der Waals surface area contributed by atoms with Crippen molar-refractivity contribution in [1.29, 1.82) is 0 Å². The van der Waals surface area contributed by atoms with E-state index < -0.39 is 21.7 Å². The number of hydrazine groups is 1.